The minimum Gasteiger partial charge on any atom is -0.469 e. The number of imide groups is 1. The highest BCUT2D eigenvalue weighted by atomic mass is 16.8. The van der Waals surface area contributed by atoms with Crippen LogP contribution in [0.5, 0.6) is 0 Å². The SMILES string of the molecule is COC(=O)CCCCCO[C@@H]1O[C@H](CO)[C@@H](O[C@@H]2O[C@H](CO)[C@H](O)[C@H](O[C@@H]3O[C@@H](C)[C@@H](O)[C@@H](O)[C@@H]3O)[C@H]2OC(=O)c2ccccc2)[C@H](O)[C@H]1N1C(=O)c2ccccc2C1=O. The van der Waals surface area contributed by atoms with Gasteiger partial charge in [0.2, 0.25) is 0 Å². The van der Waals surface area contributed by atoms with E-state index in [1.165, 1.54) is 38.3 Å². The Balaban J connectivity index is 1.32. The summed E-state index contributed by atoms with van der Waals surface area (Å²) in [6.07, 6.45) is -22.1. The van der Waals surface area contributed by atoms with Gasteiger partial charge in [0.05, 0.1) is 43.1 Å². The highest BCUT2D eigenvalue weighted by molar-refractivity contribution is 6.21. The largest absolute Gasteiger partial charge is 0.469 e. The van der Waals surface area contributed by atoms with Crippen LogP contribution >= 0.6 is 0 Å². The molecule has 2 aromatic carbocycles. The Kier molecular flexibility index (Phi) is 15.4. The molecule has 15 atom stereocenters. The summed E-state index contributed by atoms with van der Waals surface area (Å²) < 4.78 is 46.4. The first-order valence-corrected chi connectivity index (χ1v) is 19.6. The van der Waals surface area contributed by atoms with Crippen LogP contribution in [0, 0.1) is 0 Å². The fourth-order valence-corrected chi connectivity index (χ4v) is 7.59. The van der Waals surface area contributed by atoms with Gasteiger partial charge in [0.25, 0.3) is 11.8 Å². The molecule has 7 N–H and O–H groups in total. The second kappa shape index (κ2) is 20.2. The van der Waals surface area contributed by atoms with Gasteiger partial charge < -0.3 is 73.6 Å². The number of esters is 2. The smallest absolute Gasteiger partial charge is 0.338 e. The van der Waals surface area contributed by atoms with E-state index >= 15 is 0 Å². The molecule has 2 amide bonds. The van der Waals surface area contributed by atoms with Gasteiger partial charge in [0, 0.05) is 13.0 Å². The number of nitrogens with zero attached hydrogens (tertiary/aromatic N) is 1. The molecule has 0 saturated carbocycles. The van der Waals surface area contributed by atoms with Crippen molar-refractivity contribution in [3.05, 3.63) is 71.3 Å². The summed E-state index contributed by atoms with van der Waals surface area (Å²) in [5.74, 6) is -2.95. The van der Waals surface area contributed by atoms with Crippen molar-refractivity contribution in [2.24, 2.45) is 0 Å². The number of aliphatic hydroxyl groups is 7. The van der Waals surface area contributed by atoms with Crippen LogP contribution < -0.4 is 0 Å². The van der Waals surface area contributed by atoms with Crippen LogP contribution in [0.25, 0.3) is 0 Å². The highest BCUT2D eigenvalue weighted by Gasteiger charge is 2.58. The number of carbonyl (C=O) groups is 4. The molecule has 0 aliphatic carbocycles. The van der Waals surface area contributed by atoms with Gasteiger partial charge in [-0.3, -0.25) is 19.3 Å². The summed E-state index contributed by atoms with van der Waals surface area (Å²) in [4.78, 5) is 53.6. The van der Waals surface area contributed by atoms with Gasteiger partial charge in [-0.05, 0) is 44.0 Å². The molecule has 20 heteroatoms. The highest BCUT2D eigenvalue weighted by Crippen LogP contribution is 2.37. The zero-order valence-electron chi connectivity index (χ0n) is 32.8. The van der Waals surface area contributed by atoms with Crippen molar-refractivity contribution in [1.29, 1.82) is 0 Å². The van der Waals surface area contributed by atoms with Gasteiger partial charge in [-0.1, -0.05) is 36.8 Å². The zero-order valence-corrected chi connectivity index (χ0v) is 32.8. The van der Waals surface area contributed by atoms with Gasteiger partial charge in [0.1, 0.15) is 61.0 Å². The van der Waals surface area contributed by atoms with E-state index in [1.54, 1.807) is 30.3 Å². The molecule has 0 unspecified atom stereocenters. The van der Waals surface area contributed by atoms with E-state index in [9.17, 15) is 54.9 Å². The minimum absolute atomic E-state index is 0.0279. The molecule has 2 aromatic rings. The molecule has 4 aliphatic rings. The number of methoxy groups -OCH3 is 1. The Hall–Kier alpha value is -4.00. The van der Waals surface area contributed by atoms with Crippen molar-refractivity contribution < 1.29 is 92.8 Å². The van der Waals surface area contributed by atoms with E-state index in [1.807, 2.05) is 0 Å². The molecule has 0 bridgehead atoms. The molecular formula is C40H51NO19. The Morgan fingerprint density at radius 3 is 1.92 bits per heavy atom. The minimum atomic E-state index is -1.92. The normalized spacial score (nSPS) is 35.5. The summed E-state index contributed by atoms with van der Waals surface area (Å²) in [5.41, 5.74) is 0.112. The molecule has 0 spiro atoms. The maximum Gasteiger partial charge on any atom is 0.338 e. The quantitative estimate of drug-likeness (QED) is 0.0568. The van der Waals surface area contributed by atoms with Crippen LogP contribution in [-0.4, -0.2) is 183 Å². The van der Waals surface area contributed by atoms with E-state index < -0.39 is 123 Å². The number of rotatable bonds is 16. The number of ether oxygens (including phenoxy) is 8. The van der Waals surface area contributed by atoms with Crippen molar-refractivity contribution in [3.63, 3.8) is 0 Å². The molecule has 3 fully saturated rings. The molecule has 0 aromatic heterocycles. The topological polar surface area (TPSA) is 287 Å². The van der Waals surface area contributed by atoms with Crippen molar-refractivity contribution in [1.82, 2.24) is 4.90 Å². The molecule has 0 radical (unpaired) electrons. The number of carbonyl (C=O) groups excluding carboxylic acids is 4. The van der Waals surface area contributed by atoms with Crippen molar-refractivity contribution in [3.8, 4) is 0 Å². The number of amides is 2. The number of benzene rings is 2. The maximum atomic E-state index is 13.8. The predicted molar refractivity (Wildman–Crippen MR) is 198 cm³/mol. The van der Waals surface area contributed by atoms with Gasteiger partial charge >= 0.3 is 11.9 Å². The Morgan fingerprint density at radius 1 is 0.667 bits per heavy atom. The van der Waals surface area contributed by atoms with Crippen LogP contribution in [-0.2, 0) is 42.7 Å². The molecule has 3 saturated heterocycles. The Morgan fingerprint density at radius 2 is 1.28 bits per heavy atom. The van der Waals surface area contributed by atoms with Gasteiger partial charge in [-0.2, -0.15) is 0 Å². The zero-order chi connectivity index (χ0) is 43.2. The molecule has 6 rings (SSSR count). The molecule has 330 valence electrons. The number of hydrogen-bond donors (Lipinski definition) is 7. The standard InChI is InChI=1S/C40H51NO19/c1-19-27(45)30(48)31(49)39(55-19)60-33-28(46)23(17-42)56-40(34(33)58-37(52)20-11-5-3-6-12-20)59-32-24(18-43)57-38(54-16-10-4-7-15-25(44)53-2)26(29(32)47)41-35(50)21-13-8-9-14-22(21)36(41)51/h3,5-6,8-9,11-14,19,23-24,26-34,38-40,42-43,45-49H,4,7,10,15-18H2,1-2H3/t19-,23+,24+,26+,27+,28-,29+,30+,31-,32+,33-,34+,38+,39-,40-/m0/s1. The number of fused-ring (bicyclic) bond motifs is 1. The fraction of sp³-hybridized carbons (Fsp3) is 0.600. The van der Waals surface area contributed by atoms with E-state index in [0.717, 1.165) is 4.90 Å². The Labute approximate surface area is 344 Å². The lowest BCUT2D eigenvalue weighted by atomic mass is 9.94. The summed E-state index contributed by atoms with van der Waals surface area (Å²) >= 11 is 0. The maximum absolute atomic E-state index is 13.8. The number of unbranched alkanes of at least 4 members (excludes halogenated alkanes) is 2. The van der Waals surface area contributed by atoms with E-state index in [2.05, 4.69) is 4.74 Å². The first kappa shape index (κ1) is 45.5. The van der Waals surface area contributed by atoms with E-state index in [4.69, 9.17) is 33.2 Å². The summed E-state index contributed by atoms with van der Waals surface area (Å²) in [6, 6.07) is 11.9. The van der Waals surface area contributed by atoms with Crippen LogP contribution in [0.2, 0.25) is 0 Å². The van der Waals surface area contributed by atoms with Crippen LogP contribution in [0.3, 0.4) is 0 Å². The summed E-state index contributed by atoms with van der Waals surface area (Å²) in [6.45, 7) is -0.368. The molecule has 4 aliphatic heterocycles. The van der Waals surface area contributed by atoms with Crippen LogP contribution in [0.1, 0.15) is 63.7 Å². The van der Waals surface area contributed by atoms with Crippen molar-refractivity contribution in [2.45, 2.75) is 125 Å². The average Bonchev–Trinajstić information content (AvgIpc) is 3.50. The van der Waals surface area contributed by atoms with Crippen LogP contribution in [0.4, 0.5) is 0 Å². The number of hydrogen-bond acceptors (Lipinski definition) is 19. The molecule has 4 heterocycles. The van der Waals surface area contributed by atoms with E-state index in [-0.39, 0.29) is 35.7 Å². The monoisotopic (exact) mass is 849 g/mol. The van der Waals surface area contributed by atoms with Crippen molar-refractivity contribution in [2.75, 3.05) is 26.9 Å². The third-order valence-corrected chi connectivity index (χ3v) is 10.9. The lowest BCUT2D eigenvalue weighted by molar-refractivity contribution is -0.374. The van der Waals surface area contributed by atoms with Gasteiger partial charge in [-0.25, -0.2) is 4.79 Å². The number of aliphatic hydroxyl groups excluding tert-OH is 7. The van der Waals surface area contributed by atoms with Gasteiger partial charge in [-0.15, -0.1) is 0 Å². The molecule has 20 nitrogen and oxygen atoms in total. The molecular weight excluding hydrogens is 798 g/mol. The Bertz CT molecular complexity index is 1750. The lowest BCUT2D eigenvalue weighted by Gasteiger charge is -2.50. The van der Waals surface area contributed by atoms with Gasteiger partial charge in [0.15, 0.2) is 25.0 Å². The lowest BCUT2D eigenvalue weighted by Crippen LogP contribution is -2.69. The average molecular weight is 850 g/mol. The second-order valence-corrected chi connectivity index (χ2v) is 14.8. The van der Waals surface area contributed by atoms with Crippen LogP contribution in [0.15, 0.2) is 54.6 Å². The first-order valence-electron chi connectivity index (χ1n) is 19.6. The third kappa shape index (κ3) is 9.55. The van der Waals surface area contributed by atoms with E-state index in [0.29, 0.717) is 19.3 Å². The second-order valence-electron chi connectivity index (χ2n) is 14.8. The summed E-state index contributed by atoms with van der Waals surface area (Å²) in [7, 11) is 1.28. The van der Waals surface area contributed by atoms with Crippen molar-refractivity contribution >= 4 is 23.8 Å². The molecule has 60 heavy (non-hydrogen) atoms. The fourth-order valence-electron chi connectivity index (χ4n) is 7.59. The first-order chi connectivity index (χ1) is 28.8. The summed E-state index contributed by atoms with van der Waals surface area (Å²) in [5, 5.41) is 76.2. The predicted octanol–water partition coefficient (Wildman–Crippen LogP) is -1.62. The third-order valence-electron chi connectivity index (χ3n) is 10.9.